The predicted molar refractivity (Wildman–Crippen MR) is 76.9 cm³/mol. The van der Waals surface area contributed by atoms with Gasteiger partial charge >= 0.3 is 0 Å². The van der Waals surface area contributed by atoms with Crippen LogP contribution < -0.4 is 0 Å². The van der Waals surface area contributed by atoms with E-state index in [2.05, 4.69) is 51.0 Å². The average molecular weight is 263 g/mol. The average Bonchev–Trinajstić information content (AvgIpc) is 2.54. The normalized spacial score (nSPS) is 11.3. The van der Waals surface area contributed by atoms with Crippen LogP contribution in [0.5, 0.6) is 0 Å². The van der Waals surface area contributed by atoms with Crippen molar-refractivity contribution in [1.82, 2.24) is 9.78 Å². The second kappa shape index (κ2) is 4.77. The van der Waals surface area contributed by atoms with Crippen LogP contribution >= 0.6 is 11.6 Å². The van der Waals surface area contributed by atoms with E-state index in [4.69, 9.17) is 11.6 Å². The molecule has 2 nitrogen and oxygen atoms in total. The molecule has 0 saturated heterocycles. The van der Waals surface area contributed by atoms with Crippen molar-refractivity contribution in [2.75, 3.05) is 0 Å². The molecule has 1 aromatic carbocycles. The first-order valence-corrected chi connectivity index (χ1v) is 6.62. The zero-order chi connectivity index (χ0) is 13.4. The molecule has 0 fully saturated rings. The summed E-state index contributed by atoms with van der Waals surface area (Å²) in [6.45, 7) is 10.5. The standard InChI is InChI=1S/C15H19ClN2/c1-9(2)14-12(5)17-18(15(14)16)13-7-6-10(3)8-11(13)4/h6-9H,1-5H3. The molecule has 0 atom stereocenters. The fourth-order valence-corrected chi connectivity index (χ4v) is 2.85. The van der Waals surface area contributed by atoms with E-state index in [0.29, 0.717) is 5.92 Å². The van der Waals surface area contributed by atoms with E-state index in [1.54, 1.807) is 0 Å². The summed E-state index contributed by atoms with van der Waals surface area (Å²) in [6.07, 6.45) is 0. The fraction of sp³-hybridized carbons (Fsp3) is 0.400. The zero-order valence-electron chi connectivity index (χ0n) is 11.6. The Morgan fingerprint density at radius 1 is 1.17 bits per heavy atom. The molecule has 2 aromatic rings. The highest BCUT2D eigenvalue weighted by Crippen LogP contribution is 2.30. The first-order chi connectivity index (χ1) is 8.41. The molecule has 0 radical (unpaired) electrons. The molecule has 1 heterocycles. The van der Waals surface area contributed by atoms with Crippen LogP contribution in [0.1, 0.15) is 42.1 Å². The second-order valence-corrected chi connectivity index (χ2v) is 5.50. The van der Waals surface area contributed by atoms with Gasteiger partial charge in [0.15, 0.2) is 0 Å². The lowest BCUT2D eigenvalue weighted by Gasteiger charge is -2.09. The van der Waals surface area contributed by atoms with Gasteiger partial charge in [0.2, 0.25) is 0 Å². The van der Waals surface area contributed by atoms with Crippen molar-refractivity contribution < 1.29 is 0 Å². The number of aromatic nitrogens is 2. The molecule has 18 heavy (non-hydrogen) atoms. The van der Waals surface area contributed by atoms with Gasteiger partial charge in [-0.15, -0.1) is 0 Å². The molecule has 96 valence electrons. The van der Waals surface area contributed by atoms with E-state index in [9.17, 15) is 0 Å². The third kappa shape index (κ3) is 2.17. The van der Waals surface area contributed by atoms with Gasteiger partial charge in [-0.1, -0.05) is 43.1 Å². The molecule has 0 aliphatic rings. The summed E-state index contributed by atoms with van der Waals surface area (Å²) in [7, 11) is 0. The minimum Gasteiger partial charge on any atom is -0.221 e. The molecular weight excluding hydrogens is 244 g/mol. The minimum atomic E-state index is 0.386. The maximum atomic E-state index is 6.47. The molecule has 0 aliphatic carbocycles. The first kappa shape index (κ1) is 13.2. The van der Waals surface area contributed by atoms with Gasteiger partial charge in [0.1, 0.15) is 5.15 Å². The van der Waals surface area contributed by atoms with Gasteiger partial charge in [-0.25, -0.2) is 4.68 Å². The lowest BCUT2D eigenvalue weighted by molar-refractivity contribution is 0.855. The van der Waals surface area contributed by atoms with Gasteiger partial charge in [-0.3, -0.25) is 0 Å². The summed E-state index contributed by atoms with van der Waals surface area (Å²) < 4.78 is 1.85. The van der Waals surface area contributed by atoms with Gasteiger partial charge < -0.3 is 0 Å². The Labute approximate surface area is 114 Å². The highest BCUT2D eigenvalue weighted by molar-refractivity contribution is 6.30. The SMILES string of the molecule is Cc1ccc(-n2nc(C)c(C(C)C)c2Cl)c(C)c1. The summed E-state index contributed by atoms with van der Waals surface area (Å²) in [6, 6.07) is 6.32. The van der Waals surface area contributed by atoms with Crippen molar-refractivity contribution in [2.45, 2.75) is 40.5 Å². The monoisotopic (exact) mass is 262 g/mol. The Morgan fingerprint density at radius 3 is 2.33 bits per heavy atom. The number of hydrogen-bond donors (Lipinski definition) is 0. The van der Waals surface area contributed by atoms with Crippen LogP contribution in [0.2, 0.25) is 5.15 Å². The summed E-state index contributed by atoms with van der Waals surface area (Å²) in [5.74, 6) is 0.386. The summed E-state index contributed by atoms with van der Waals surface area (Å²) in [5, 5.41) is 5.31. The molecule has 0 spiro atoms. The number of halogens is 1. The van der Waals surface area contributed by atoms with E-state index >= 15 is 0 Å². The topological polar surface area (TPSA) is 17.8 Å². The van der Waals surface area contributed by atoms with Crippen LogP contribution in [0.3, 0.4) is 0 Å². The summed E-state index contributed by atoms with van der Waals surface area (Å²) in [5.41, 5.74) is 5.64. The van der Waals surface area contributed by atoms with E-state index < -0.39 is 0 Å². The molecule has 1 aromatic heterocycles. The molecule has 0 unspecified atom stereocenters. The highest BCUT2D eigenvalue weighted by Gasteiger charge is 2.17. The molecule has 0 bridgehead atoms. The predicted octanol–water partition coefficient (Wildman–Crippen LogP) is 4.57. The fourth-order valence-electron chi connectivity index (χ4n) is 2.37. The van der Waals surface area contributed by atoms with Crippen LogP contribution in [0.15, 0.2) is 18.2 Å². The molecular formula is C15H19ClN2. The lowest BCUT2D eigenvalue weighted by atomic mass is 10.1. The van der Waals surface area contributed by atoms with Gasteiger partial charge in [0, 0.05) is 5.56 Å². The van der Waals surface area contributed by atoms with Gasteiger partial charge in [0.05, 0.1) is 11.4 Å². The first-order valence-electron chi connectivity index (χ1n) is 6.24. The van der Waals surface area contributed by atoms with Gasteiger partial charge in [0.25, 0.3) is 0 Å². The zero-order valence-corrected chi connectivity index (χ0v) is 12.3. The smallest absolute Gasteiger partial charge is 0.136 e. The van der Waals surface area contributed by atoms with Crippen molar-refractivity contribution in [3.63, 3.8) is 0 Å². The Morgan fingerprint density at radius 2 is 1.83 bits per heavy atom. The second-order valence-electron chi connectivity index (χ2n) is 5.15. The minimum absolute atomic E-state index is 0.386. The van der Waals surface area contributed by atoms with Crippen molar-refractivity contribution >= 4 is 11.6 Å². The highest BCUT2D eigenvalue weighted by atomic mass is 35.5. The Balaban J connectivity index is 2.62. The number of hydrogen-bond acceptors (Lipinski definition) is 1. The molecule has 0 amide bonds. The van der Waals surface area contributed by atoms with E-state index in [1.165, 1.54) is 11.1 Å². The van der Waals surface area contributed by atoms with Crippen molar-refractivity contribution in [3.05, 3.63) is 45.7 Å². The third-order valence-electron chi connectivity index (χ3n) is 3.21. The largest absolute Gasteiger partial charge is 0.221 e. The number of rotatable bonds is 2. The Hall–Kier alpha value is -1.28. The Kier molecular flexibility index (Phi) is 3.49. The van der Waals surface area contributed by atoms with Crippen molar-refractivity contribution in [2.24, 2.45) is 0 Å². The molecule has 2 rings (SSSR count). The quantitative estimate of drug-likeness (QED) is 0.775. The van der Waals surface area contributed by atoms with Crippen LogP contribution in [0.25, 0.3) is 5.69 Å². The number of benzene rings is 1. The number of aryl methyl sites for hydroxylation is 3. The van der Waals surface area contributed by atoms with Crippen molar-refractivity contribution in [3.8, 4) is 5.69 Å². The maximum Gasteiger partial charge on any atom is 0.136 e. The van der Waals surface area contributed by atoms with Crippen LogP contribution in [0.4, 0.5) is 0 Å². The summed E-state index contributed by atoms with van der Waals surface area (Å²) in [4.78, 5) is 0. The molecule has 0 aliphatic heterocycles. The third-order valence-corrected chi connectivity index (χ3v) is 3.57. The van der Waals surface area contributed by atoms with E-state index in [-0.39, 0.29) is 0 Å². The number of nitrogens with zero attached hydrogens (tertiary/aromatic N) is 2. The lowest BCUT2D eigenvalue weighted by Crippen LogP contribution is -2.00. The molecule has 3 heteroatoms. The van der Waals surface area contributed by atoms with Gasteiger partial charge in [-0.2, -0.15) is 5.10 Å². The van der Waals surface area contributed by atoms with Crippen LogP contribution in [0, 0.1) is 20.8 Å². The van der Waals surface area contributed by atoms with Crippen LogP contribution in [-0.2, 0) is 0 Å². The summed E-state index contributed by atoms with van der Waals surface area (Å²) >= 11 is 6.47. The molecule has 0 saturated carbocycles. The van der Waals surface area contributed by atoms with Gasteiger partial charge in [-0.05, 0) is 38.3 Å². The van der Waals surface area contributed by atoms with Crippen molar-refractivity contribution in [1.29, 1.82) is 0 Å². The van der Waals surface area contributed by atoms with Crippen LogP contribution in [-0.4, -0.2) is 9.78 Å². The Bertz CT molecular complexity index is 582. The maximum absolute atomic E-state index is 6.47. The van der Waals surface area contributed by atoms with E-state index in [1.807, 2.05) is 11.6 Å². The molecule has 0 N–H and O–H groups in total. The van der Waals surface area contributed by atoms with E-state index in [0.717, 1.165) is 22.1 Å².